The second kappa shape index (κ2) is 5.17. The number of carboxylic acid groups (broad SMARTS) is 1. The molecule has 0 aliphatic heterocycles. The van der Waals surface area contributed by atoms with Gasteiger partial charge in [0.05, 0.1) is 12.5 Å². The molecule has 2 N–H and O–H groups in total. The Morgan fingerprint density at radius 1 is 1.75 bits per heavy atom. The van der Waals surface area contributed by atoms with Crippen LogP contribution in [0, 0.1) is 0 Å². The summed E-state index contributed by atoms with van der Waals surface area (Å²) in [6.07, 6.45) is -0.891. The first-order chi connectivity index (χ1) is 3.13. The van der Waals surface area contributed by atoms with Crippen LogP contribution in [0.5, 0.6) is 0 Å². The molecule has 0 fully saturated rings. The van der Waals surface area contributed by atoms with Gasteiger partial charge in [-0.1, -0.05) is 0 Å². The quantitative estimate of drug-likeness (QED) is 0.459. The second-order valence-corrected chi connectivity index (χ2v) is 1.45. The van der Waals surface area contributed by atoms with Crippen molar-refractivity contribution >= 4 is 24.8 Å². The predicted octanol–water partition coefficient (Wildman–Crippen LogP) is -0.807. The Kier molecular flexibility index (Phi) is 7.05. The van der Waals surface area contributed by atoms with Gasteiger partial charge in [0.1, 0.15) is 0 Å². The van der Waals surface area contributed by atoms with Gasteiger partial charge in [-0.05, 0) is 6.92 Å². The van der Waals surface area contributed by atoms with Gasteiger partial charge in [0.25, 0.3) is 0 Å². The van der Waals surface area contributed by atoms with Gasteiger partial charge in [0.2, 0.25) is 0 Å². The van der Waals surface area contributed by atoms with Crippen LogP contribution in [0.1, 0.15) is 13.3 Å². The molecule has 4 heteroatoms. The number of aliphatic hydroxyl groups is 1. The fourth-order valence-corrected chi connectivity index (χ4v) is 0.253. The Morgan fingerprint density at radius 2 is 2.12 bits per heavy atom. The summed E-state index contributed by atoms with van der Waals surface area (Å²) in [6.45, 7) is 1.44. The zero-order valence-electron chi connectivity index (χ0n) is 4.09. The Bertz CT molecular complexity index is 71.7. The second-order valence-electron chi connectivity index (χ2n) is 1.45. The molecule has 0 bridgehead atoms. The van der Waals surface area contributed by atoms with Crippen molar-refractivity contribution in [3.63, 3.8) is 0 Å². The van der Waals surface area contributed by atoms with Crippen LogP contribution in [0.2, 0.25) is 0 Å². The monoisotopic (exact) mass is 112 g/mol. The van der Waals surface area contributed by atoms with Gasteiger partial charge in [-0.3, -0.25) is 4.79 Å². The summed E-state index contributed by atoms with van der Waals surface area (Å²) < 4.78 is 0. The van der Waals surface area contributed by atoms with E-state index in [2.05, 4.69) is 0 Å². The van der Waals surface area contributed by atoms with E-state index in [1.165, 1.54) is 6.92 Å². The fraction of sp³-hybridized carbons (Fsp3) is 0.750. The van der Waals surface area contributed by atoms with E-state index in [1.54, 1.807) is 0 Å². The van der Waals surface area contributed by atoms with Crippen LogP contribution in [-0.2, 0) is 4.79 Å². The zero-order valence-corrected chi connectivity index (χ0v) is 4.09. The van der Waals surface area contributed by atoms with Crippen molar-refractivity contribution in [2.24, 2.45) is 0 Å². The first kappa shape index (κ1) is 10.9. The van der Waals surface area contributed by atoms with Gasteiger partial charge in [-0.2, -0.15) is 0 Å². The van der Waals surface area contributed by atoms with E-state index in [0.29, 0.717) is 0 Å². The molecular formula is C4H9LiO3. The van der Waals surface area contributed by atoms with Crippen molar-refractivity contribution in [1.29, 1.82) is 0 Å². The molecule has 8 heavy (non-hydrogen) atoms. The third kappa shape index (κ3) is 9.39. The zero-order chi connectivity index (χ0) is 5.86. The summed E-state index contributed by atoms with van der Waals surface area (Å²) in [4.78, 5) is 9.65. The normalized spacial score (nSPS) is 11.8. The van der Waals surface area contributed by atoms with Crippen LogP contribution in [0.4, 0.5) is 0 Å². The molecule has 44 valence electrons. The summed E-state index contributed by atoms with van der Waals surface area (Å²) in [5, 5.41) is 16.3. The predicted molar refractivity (Wildman–Crippen MR) is 31.1 cm³/mol. The average Bonchev–Trinajstić information content (AvgIpc) is 1.27. The van der Waals surface area contributed by atoms with Gasteiger partial charge >= 0.3 is 24.8 Å². The number of rotatable bonds is 2. The standard InChI is InChI=1S/C4H8O3.Li.H/c1-3(5)2-4(6)7;;/h3,5H,2H2,1H3,(H,6,7);;. The minimum atomic E-state index is -0.963. The Labute approximate surface area is 59.9 Å². The molecule has 1 unspecified atom stereocenters. The van der Waals surface area contributed by atoms with E-state index < -0.39 is 12.1 Å². The minimum absolute atomic E-state index is 0. The molecule has 0 aliphatic rings. The van der Waals surface area contributed by atoms with E-state index in [4.69, 9.17) is 10.2 Å². The van der Waals surface area contributed by atoms with Crippen molar-refractivity contribution < 1.29 is 15.0 Å². The summed E-state index contributed by atoms with van der Waals surface area (Å²) in [5.41, 5.74) is 0. The molecule has 0 amide bonds. The Morgan fingerprint density at radius 3 is 2.12 bits per heavy atom. The summed E-state index contributed by atoms with van der Waals surface area (Å²) in [5.74, 6) is -0.963. The van der Waals surface area contributed by atoms with E-state index in [9.17, 15) is 4.79 Å². The number of aliphatic carboxylic acids is 1. The third-order valence-corrected chi connectivity index (χ3v) is 0.470. The van der Waals surface area contributed by atoms with E-state index in [0.717, 1.165) is 0 Å². The van der Waals surface area contributed by atoms with Gasteiger partial charge < -0.3 is 10.2 Å². The number of hydrogen-bond acceptors (Lipinski definition) is 2. The van der Waals surface area contributed by atoms with Gasteiger partial charge in [0.15, 0.2) is 0 Å². The van der Waals surface area contributed by atoms with Crippen LogP contribution >= 0.6 is 0 Å². The number of aliphatic hydroxyl groups excluding tert-OH is 1. The number of hydrogen-bond donors (Lipinski definition) is 2. The number of carboxylic acids is 1. The van der Waals surface area contributed by atoms with Crippen molar-refractivity contribution in [3.05, 3.63) is 0 Å². The van der Waals surface area contributed by atoms with Gasteiger partial charge in [-0.15, -0.1) is 0 Å². The molecule has 0 rings (SSSR count). The topological polar surface area (TPSA) is 57.5 Å². The molecule has 0 heterocycles. The average molecular weight is 112 g/mol. The van der Waals surface area contributed by atoms with Crippen LogP contribution < -0.4 is 0 Å². The molecule has 1 atom stereocenters. The fourth-order valence-electron chi connectivity index (χ4n) is 0.253. The Hall–Kier alpha value is 0.0274. The van der Waals surface area contributed by atoms with Crippen molar-refractivity contribution in [1.82, 2.24) is 0 Å². The van der Waals surface area contributed by atoms with Crippen molar-refractivity contribution in [3.8, 4) is 0 Å². The molecule has 0 aromatic rings. The molecule has 3 nitrogen and oxygen atoms in total. The summed E-state index contributed by atoms with van der Waals surface area (Å²) in [6, 6.07) is 0. The van der Waals surface area contributed by atoms with Crippen LogP contribution in [0.3, 0.4) is 0 Å². The maximum atomic E-state index is 9.65. The first-order valence-corrected chi connectivity index (χ1v) is 2.03. The van der Waals surface area contributed by atoms with Gasteiger partial charge in [0, 0.05) is 0 Å². The summed E-state index contributed by atoms with van der Waals surface area (Å²) in [7, 11) is 0. The van der Waals surface area contributed by atoms with E-state index in [1.807, 2.05) is 0 Å². The molecule has 0 spiro atoms. The first-order valence-electron chi connectivity index (χ1n) is 2.03. The SMILES string of the molecule is CC(O)CC(=O)O.[LiH]. The van der Waals surface area contributed by atoms with Crippen LogP contribution in [0.15, 0.2) is 0 Å². The Balaban J connectivity index is 0. The molecule has 0 aromatic heterocycles. The van der Waals surface area contributed by atoms with E-state index >= 15 is 0 Å². The molecule has 0 aromatic carbocycles. The molecular weight excluding hydrogens is 103 g/mol. The van der Waals surface area contributed by atoms with Gasteiger partial charge in [-0.25, -0.2) is 0 Å². The van der Waals surface area contributed by atoms with Crippen LogP contribution in [0.25, 0.3) is 0 Å². The summed E-state index contributed by atoms with van der Waals surface area (Å²) >= 11 is 0. The van der Waals surface area contributed by atoms with Crippen molar-refractivity contribution in [2.75, 3.05) is 0 Å². The van der Waals surface area contributed by atoms with Crippen molar-refractivity contribution in [2.45, 2.75) is 19.4 Å². The van der Waals surface area contributed by atoms with Crippen LogP contribution in [-0.4, -0.2) is 41.1 Å². The molecule has 0 saturated carbocycles. The maximum absolute atomic E-state index is 9.65. The molecule has 0 aliphatic carbocycles. The molecule has 0 radical (unpaired) electrons. The number of carbonyl (C=O) groups is 1. The molecule has 0 saturated heterocycles. The third-order valence-electron chi connectivity index (χ3n) is 0.470. The van der Waals surface area contributed by atoms with E-state index in [-0.39, 0.29) is 25.3 Å².